The van der Waals surface area contributed by atoms with Crippen molar-refractivity contribution in [3.63, 3.8) is 0 Å². The molecule has 0 aromatic heterocycles. The Hall–Kier alpha value is -0.890. The van der Waals surface area contributed by atoms with E-state index in [1.807, 2.05) is 24.3 Å². The van der Waals surface area contributed by atoms with Crippen LogP contribution in [0, 0.1) is 0 Å². The van der Waals surface area contributed by atoms with Gasteiger partial charge in [0.05, 0.1) is 0 Å². The van der Waals surface area contributed by atoms with Crippen LogP contribution in [0.25, 0.3) is 0 Å². The molecule has 0 heterocycles. The first kappa shape index (κ1) is 9.20. The zero-order chi connectivity index (χ0) is 8.97. The first-order valence-corrected chi connectivity index (χ1v) is 4.14. The summed E-state index contributed by atoms with van der Waals surface area (Å²) in [7, 11) is 0. The van der Waals surface area contributed by atoms with Crippen molar-refractivity contribution in [2.75, 3.05) is 0 Å². The fourth-order valence-electron chi connectivity index (χ4n) is 1.14. The van der Waals surface area contributed by atoms with Crippen LogP contribution in [0.5, 0.6) is 0 Å². The average molecular weight is 167 g/mol. The van der Waals surface area contributed by atoms with E-state index >= 15 is 0 Å². The predicted octanol–water partition coefficient (Wildman–Crippen LogP) is 2.05. The summed E-state index contributed by atoms with van der Waals surface area (Å²) in [5, 5.41) is 0. The average Bonchev–Trinajstić information content (AvgIpc) is 2.05. The van der Waals surface area contributed by atoms with Gasteiger partial charge >= 0.3 is 0 Å². The Morgan fingerprint density at radius 3 is 2.17 bits per heavy atom. The number of nitrogens with two attached hydrogens (primary N) is 1. The minimum absolute atomic E-state index is 0.491. The van der Waals surface area contributed by atoms with E-state index in [0.29, 0.717) is 13.0 Å². The van der Waals surface area contributed by atoms with Crippen LogP contribution in [0.15, 0.2) is 24.3 Å². The third-order valence-electron chi connectivity index (χ3n) is 1.78. The molecule has 1 aromatic carbocycles. The van der Waals surface area contributed by atoms with Crippen LogP contribution in [-0.4, -0.2) is 6.17 Å². The first-order valence-electron chi connectivity index (χ1n) is 4.14. The molecular weight excluding hydrogens is 153 g/mol. The molecule has 1 unspecified atom stereocenters. The van der Waals surface area contributed by atoms with Crippen LogP contribution < -0.4 is 5.73 Å². The summed E-state index contributed by atoms with van der Waals surface area (Å²) in [6.45, 7) is 2.11. The van der Waals surface area contributed by atoms with Gasteiger partial charge in [-0.3, -0.25) is 0 Å². The van der Waals surface area contributed by atoms with Crippen LogP contribution in [0.1, 0.15) is 18.1 Å². The number of benzene rings is 1. The molecule has 0 aliphatic heterocycles. The van der Waals surface area contributed by atoms with Gasteiger partial charge in [0.2, 0.25) is 0 Å². The van der Waals surface area contributed by atoms with Gasteiger partial charge in [-0.25, -0.2) is 4.39 Å². The first-order chi connectivity index (χ1) is 5.72. The van der Waals surface area contributed by atoms with Crippen LogP contribution in [0.3, 0.4) is 0 Å². The lowest BCUT2D eigenvalue weighted by molar-refractivity contribution is 0.360. The zero-order valence-corrected chi connectivity index (χ0v) is 7.26. The highest BCUT2D eigenvalue weighted by atomic mass is 19.1. The monoisotopic (exact) mass is 167 g/mol. The summed E-state index contributed by atoms with van der Waals surface area (Å²) in [4.78, 5) is 0. The smallest absolute Gasteiger partial charge is 0.101 e. The Balaban J connectivity index is 2.65. The summed E-state index contributed by atoms with van der Waals surface area (Å²) in [5.41, 5.74) is 7.55. The van der Waals surface area contributed by atoms with Crippen molar-refractivity contribution in [1.29, 1.82) is 0 Å². The largest absolute Gasteiger partial charge is 0.326 e. The second-order valence-electron chi connectivity index (χ2n) is 3.01. The van der Waals surface area contributed by atoms with Gasteiger partial charge in [0.15, 0.2) is 0 Å². The molecular formula is C10H14FN. The molecule has 0 saturated heterocycles. The molecule has 1 aromatic rings. The highest BCUT2D eigenvalue weighted by molar-refractivity contribution is 5.22. The molecule has 0 aliphatic rings. The Morgan fingerprint density at radius 1 is 1.25 bits per heavy atom. The molecule has 0 radical (unpaired) electrons. The molecule has 0 bridgehead atoms. The van der Waals surface area contributed by atoms with E-state index in [1.54, 1.807) is 6.92 Å². The minimum atomic E-state index is -0.770. The Morgan fingerprint density at radius 2 is 1.75 bits per heavy atom. The van der Waals surface area contributed by atoms with Crippen molar-refractivity contribution in [2.45, 2.75) is 26.1 Å². The highest BCUT2D eigenvalue weighted by Crippen LogP contribution is 2.07. The van der Waals surface area contributed by atoms with Crippen molar-refractivity contribution < 1.29 is 4.39 Å². The molecule has 2 heteroatoms. The van der Waals surface area contributed by atoms with E-state index in [0.717, 1.165) is 11.1 Å². The van der Waals surface area contributed by atoms with Crippen molar-refractivity contribution >= 4 is 0 Å². The molecule has 0 aliphatic carbocycles. The Labute approximate surface area is 72.4 Å². The van der Waals surface area contributed by atoms with E-state index in [1.165, 1.54) is 0 Å². The van der Waals surface area contributed by atoms with Gasteiger partial charge in [0.1, 0.15) is 6.17 Å². The second kappa shape index (κ2) is 4.21. The normalized spacial score (nSPS) is 12.9. The molecule has 2 N–H and O–H groups in total. The van der Waals surface area contributed by atoms with Crippen LogP contribution in [0.4, 0.5) is 4.39 Å². The molecule has 0 saturated carbocycles. The van der Waals surface area contributed by atoms with E-state index in [-0.39, 0.29) is 0 Å². The summed E-state index contributed by atoms with van der Waals surface area (Å²) in [5.74, 6) is 0. The van der Waals surface area contributed by atoms with Crippen molar-refractivity contribution in [3.8, 4) is 0 Å². The molecule has 0 spiro atoms. The van der Waals surface area contributed by atoms with Gasteiger partial charge in [-0.05, 0) is 18.1 Å². The van der Waals surface area contributed by atoms with E-state index < -0.39 is 6.17 Å². The van der Waals surface area contributed by atoms with E-state index in [9.17, 15) is 4.39 Å². The van der Waals surface area contributed by atoms with Gasteiger partial charge in [0.25, 0.3) is 0 Å². The fraction of sp³-hybridized carbons (Fsp3) is 0.400. The zero-order valence-electron chi connectivity index (χ0n) is 7.26. The van der Waals surface area contributed by atoms with Gasteiger partial charge in [-0.15, -0.1) is 0 Å². The second-order valence-corrected chi connectivity index (χ2v) is 3.01. The minimum Gasteiger partial charge on any atom is -0.326 e. The third-order valence-corrected chi connectivity index (χ3v) is 1.78. The van der Waals surface area contributed by atoms with Crippen LogP contribution in [0.2, 0.25) is 0 Å². The molecule has 66 valence electrons. The summed E-state index contributed by atoms with van der Waals surface area (Å²) in [6.07, 6.45) is -0.279. The van der Waals surface area contributed by atoms with E-state index in [2.05, 4.69) is 0 Å². The number of hydrogen-bond donors (Lipinski definition) is 1. The fourth-order valence-corrected chi connectivity index (χ4v) is 1.14. The van der Waals surface area contributed by atoms with Gasteiger partial charge < -0.3 is 5.73 Å². The van der Waals surface area contributed by atoms with Gasteiger partial charge in [0, 0.05) is 13.0 Å². The molecule has 1 rings (SSSR count). The number of alkyl halides is 1. The lowest BCUT2D eigenvalue weighted by atomic mass is 10.1. The van der Waals surface area contributed by atoms with Crippen LogP contribution >= 0.6 is 0 Å². The topological polar surface area (TPSA) is 26.0 Å². The lowest BCUT2D eigenvalue weighted by Crippen LogP contribution is -2.00. The molecule has 0 amide bonds. The predicted molar refractivity (Wildman–Crippen MR) is 48.6 cm³/mol. The van der Waals surface area contributed by atoms with Crippen molar-refractivity contribution in [3.05, 3.63) is 35.4 Å². The maximum atomic E-state index is 12.5. The summed E-state index contributed by atoms with van der Waals surface area (Å²) < 4.78 is 12.5. The van der Waals surface area contributed by atoms with E-state index in [4.69, 9.17) is 5.73 Å². The van der Waals surface area contributed by atoms with Crippen molar-refractivity contribution in [1.82, 2.24) is 0 Å². The van der Waals surface area contributed by atoms with Crippen molar-refractivity contribution in [2.24, 2.45) is 5.73 Å². The summed E-state index contributed by atoms with van der Waals surface area (Å²) in [6, 6.07) is 7.74. The lowest BCUT2D eigenvalue weighted by Gasteiger charge is -2.02. The molecule has 12 heavy (non-hydrogen) atoms. The SMILES string of the molecule is CC(F)Cc1ccc(CN)cc1. The Kier molecular flexibility index (Phi) is 3.23. The summed E-state index contributed by atoms with van der Waals surface area (Å²) >= 11 is 0. The van der Waals surface area contributed by atoms with Crippen LogP contribution in [-0.2, 0) is 13.0 Å². The standard InChI is InChI=1S/C10H14FN/c1-8(11)6-9-2-4-10(7-12)5-3-9/h2-5,8H,6-7,12H2,1H3. The maximum absolute atomic E-state index is 12.5. The molecule has 1 nitrogen and oxygen atoms in total. The molecule has 1 atom stereocenters. The van der Waals surface area contributed by atoms with Gasteiger partial charge in [-0.2, -0.15) is 0 Å². The number of rotatable bonds is 3. The Bertz CT molecular complexity index is 228. The van der Waals surface area contributed by atoms with Gasteiger partial charge in [-0.1, -0.05) is 24.3 Å². The maximum Gasteiger partial charge on any atom is 0.101 e. The number of hydrogen-bond acceptors (Lipinski definition) is 1. The number of halogens is 1. The third kappa shape index (κ3) is 2.62. The highest BCUT2D eigenvalue weighted by Gasteiger charge is 1.99. The molecule has 0 fully saturated rings. The quantitative estimate of drug-likeness (QED) is 0.732.